The van der Waals surface area contributed by atoms with Crippen molar-refractivity contribution < 1.29 is 9.53 Å². The fraction of sp³-hybridized carbons (Fsp3) is 0.333. The number of nitrogens with zero attached hydrogens (tertiary/aromatic N) is 7. The number of esters is 1. The maximum absolute atomic E-state index is 12.3. The molecule has 1 N–H and O–H groups in total. The third kappa shape index (κ3) is 3.96. The van der Waals surface area contributed by atoms with Gasteiger partial charge in [-0.25, -0.2) is 19.7 Å². The Balaban J connectivity index is 1.32. The number of ether oxygens (including phenoxy) is 1. The summed E-state index contributed by atoms with van der Waals surface area (Å²) in [6.45, 7) is 3.82. The number of piperazine rings is 1. The normalized spacial score (nSPS) is 19.5. The topological polar surface area (TPSA) is 109 Å². The van der Waals surface area contributed by atoms with Gasteiger partial charge in [-0.1, -0.05) is 6.07 Å². The Morgan fingerprint density at radius 1 is 1.14 bits per heavy atom. The van der Waals surface area contributed by atoms with Gasteiger partial charge in [-0.05, 0) is 32.0 Å². The number of carbonyl (C=O) groups is 1. The predicted octanol–water partition coefficient (Wildman–Crippen LogP) is 3.27. The van der Waals surface area contributed by atoms with Crippen molar-refractivity contribution in [2.45, 2.75) is 25.4 Å². The highest BCUT2D eigenvalue weighted by Crippen LogP contribution is 2.34. The number of aryl methyl sites for hydroxylation is 1. The molecule has 0 radical (unpaired) electrons. The Bertz CT molecular complexity index is 1440. The molecule has 2 aliphatic heterocycles. The van der Waals surface area contributed by atoms with E-state index >= 15 is 0 Å². The van der Waals surface area contributed by atoms with E-state index in [1.165, 1.54) is 7.11 Å². The molecule has 4 aromatic heterocycles. The van der Waals surface area contributed by atoms with E-state index < -0.39 is 5.97 Å². The van der Waals surface area contributed by atoms with E-state index in [0.717, 1.165) is 46.0 Å². The molecule has 2 aliphatic rings. The Morgan fingerprint density at radius 2 is 2.03 bits per heavy atom. The summed E-state index contributed by atoms with van der Waals surface area (Å²) >= 11 is 1.55. The first-order valence-corrected chi connectivity index (χ1v) is 12.2. The highest BCUT2D eigenvalue weighted by Gasteiger charge is 2.42. The second-order valence-corrected chi connectivity index (χ2v) is 9.95. The van der Waals surface area contributed by atoms with E-state index in [2.05, 4.69) is 37.1 Å². The first kappa shape index (κ1) is 21.8. The van der Waals surface area contributed by atoms with Crippen LogP contribution in [0, 0.1) is 6.92 Å². The Hall–Kier alpha value is -3.70. The molecule has 2 saturated heterocycles. The van der Waals surface area contributed by atoms with Gasteiger partial charge in [0.05, 0.1) is 17.3 Å². The van der Waals surface area contributed by atoms with Crippen molar-refractivity contribution >= 4 is 45.1 Å². The molecular formula is C24H24N8O2S. The lowest BCUT2D eigenvalue weighted by molar-refractivity contribution is 0.0594. The van der Waals surface area contributed by atoms with Crippen molar-refractivity contribution in [1.82, 2.24) is 29.8 Å². The molecule has 4 aromatic rings. The maximum atomic E-state index is 12.3. The molecule has 6 rings (SSSR count). The number of fused-ring (bicyclic) bond motifs is 3. The van der Waals surface area contributed by atoms with Gasteiger partial charge < -0.3 is 15.0 Å². The van der Waals surface area contributed by atoms with Crippen LogP contribution in [0.15, 0.2) is 36.7 Å². The van der Waals surface area contributed by atoms with Crippen molar-refractivity contribution in [3.8, 4) is 10.7 Å². The van der Waals surface area contributed by atoms with E-state index in [-0.39, 0.29) is 5.69 Å². The first-order valence-electron chi connectivity index (χ1n) is 11.4. The fourth-order valence-electron chi connectivity index (χ4n) is 4.79. The Kier molecular flexibility index (Phi) is 5.30. The number of rotatable bonds is 5. The van der Waals surface area contributed by atoms with Gasteiger partial charge in [0.25, 0.3) is 0 Å². The zero-order valence-electron chi connectivity index (χ0n) is 19.6. The summed E-state index contributed by atoms with van der Waals surface area (Å²) in [5, 5.41) is 4.08. The van der Waals surface area contributed by atoms with Gasteiger partial charge in [-0.2, -0.15) is 4.98 Å². The minimum absolute atomic E-state index is 0.207. The van der Waals surface area contributed by atoms with Crippen LogP contribution < -0.4 is 10.2 Å². The summed E-state index contributed by atoms with van der Waals surface area (Å²) in [5.41, 5.74) is 2.97. The largest absolute Gasteiger partial charge is 0.464 e. The zero-order valence-corrected chi connectivity index (χ0v) is 20.4. The smallest absolute Gasteiger partial charge is 0.356 e. The van der Waals surface area contributed by atoms with Gasteiger partial charge in [0, 0.05) is 49.7 Å². The van der Waals surface area contributed by atoms with Crippen LogP contribution >= 0.6 is 11.3 Å². The maximum Gasteiger partial charge on any atom is 0.356 e. The monoisotopic (exact) mass is 488 g/mol. The van der Waals surface area contributed by atoms with Gasteiger partial charge in [0.15, 0.2) is 5.69 Å². The molecule has 6 heterocycles. The molecule has 2 fully saturated rings. The molecule has 178 valence electrons. The lowest BCUT2D eigenvalue weighted by Crippen LogP contribution is -2.45. The van der Waals surface area contributed by atoms with Crippen molar-refractivity contribution in [3.05, 3.63) is 47.9 Å². The molecule has 0 aromatic carbocycles. The summed E-state index contributed by atoms with van der Waals surface area (Å²) in [6, 6.07) is 8.22. The van der Waals surface area contributed by atoms with Gasteiger partial charge in [0.2, 0.25) is 5.95 Å². The molecule has 0 aliphatic carbocycles. The van der Waals surface area contributed by atoms with Crippen LogP contribution in [0.1, 0.15) is 22.5 Å². The van der Waals surface area contributed by atoms with Crippen LogP contribution in [0.4, 0.5) is 17.6 Å². The number of hydrogen-bond acceptors (Lipinski definition) is 11. The lowest BCUT2D eigenvalue weighted by Gasteiger charge is -2.32. The van der Waals surface area contributed by atoms with Crippen LogP contribution in [0.5, 0.6) is 0 Å². The van der Waals surface area contributed by atoms with Crippen molar-refractivity contribution in [3.63, 3.8) is 0 Å². The molecular weight excluding hydrogens is 464 g/mol. The number of anilines is 3. The summed E-state index contributed by atoms with van der Waals surface area (Å²) in [7, 11) is 3.49. The number of likely N-dealkylation sites (tertiary alicyclic amines) is 1. The summed E-state index contributed by atoms with van der Waals surface area (Å²) in [6.07, 6.45) is 4.64. The number of thiazole rings is 1. The van der Waals surface area contributed by atoms with Gasteiger partial charge in [0.1, 0.15) is 22.3 Å². The van der Waals surface area contributed by atoms with Crippen LogP contribution in [0.25, 0.3) is 20.9 Å². The number of hydrogen-bond donors (Lipinski definition) is 1. The third-order valence-corrected chi connectivity index (χ3v) is 7.64. The van der Waals surface area contributed by atoms with Crippen molar-refractivity contribution in [2.75, 3.05) is 37.5 Å². The number of nitrogens with one attached hydrogen (secondary N) is 1. The van der Waals surface area contributed by atoms with Crippen molar-refractivity contribution in [2.24, 2.45) is 0 Å². The summed E-state index contributed by atoms with van der Waals surface area (Å²) in [5.74, 6) is 1.08. The highest BCUT2D eigenvalue weighted by atomic mass is 32.1. The minimum Gasteiger partial charge on any atom is -0.464 e. The molecule has 2 atom stereocenters. The lowest BCUT2D eigenvalue weighted by atomic mass is 10.2. The number of methoxy groups -OCH3 is 1. The van der Waals surface area contributed by atoms with Crippen LogP contribution in [0.2, 0.25) is 0 Å². The summed E-state index contributed by atoms with van der Waals surface area (Å²) < 4.78 is 5.90. The average Bonchev–Trinajstić information content (AvgIpc) is 3.57. The fourth-order valence-corrected chi connectivity index (χ4v) is 5.77. The van der Waals surface area contributed by atoms with Gasteiger partial charge >= 0.3 is 5.97 Å². The van der Waals surface area contributed by atoms with Crippen LogP contribution in [-0.2, 0) is 4.74 Å². The molecule has 2 bridgehead atoms. The number of carbonyl (C=O) groups excluding carboxylic acids is 1. The standard InChI is InChI=1S/C24H24N8O2S/c1-13-5-4-6-25-21(13)22-27-16-8-19(26-10-18(16)35-22)29-20-9-17(23(33)34-3)28-24(30-20)32-12-14-7-15(32)11-31(14)2/h4-6,8-10,14-15H,7,11-12H2,1-3H3,(H,26,28,29,30)/t14-,15-/m0/s1. The van der Waals surface area contributed by atoms with Crippen LogP contribution in [-0.4, -0.2) is 75.1 Å². The third-order valence-electron chi connectivity index (χ3n) is 6.62. The van der Waals surface area contributed by atoms with E-state index in [1.807, 2.05) is 25.1 Å². The Labute approximate surface area is 206 Å². The number of likely N-dealkylation sites (N-methyl/N-ethyl adjacent to an activating group) is 1. The quantitative estimate of drug-likeness (QED) is 0.420. The van der Waals surface area contributed by atoms with E-state index in [1.54, 1.807) is 29.8 Å². The van der Waals surface area contributed by atoms with E-state index in [4.69, 9.17) is 14.7 Å². The van der Waals surface area contributed by atoms with Gasteiger partial charge in [-0.3, -0.25) is 9.88 Å². The number of pyridine rings is 2. The minimum atomic E-state index is -0.503. The SMILES string of the molecule is COC(=O)c1cc(Nc2cc3nc(-c4ncccc4C)sc3cn2)nc(N2C[C@@H]3C[C@H]2CN3C)n1. The molecule has 35 heavy (non-hydrogen) atoms. The first-order chi connectivity index (χ1) is 17.0. The second-order valence-electron chi connectivity index (χ2n) is 8.92. The molecule has 0 amide bonds. The van der Waals surface area contributed by atoms with Crippen LogP contribution in [0.3, 0.4) is 0 Å². The second kappa shape index (κ2) is 8.51. The molecule has 11 heteroatoms. The van der Waals surface area contributed by atoms with E-state index in [0.29, 0.717) is 29.7 Å². The molecule has 10 nitrogen and oxygen atoms in total. The highest BCUT2D eigenvalue weighted by molar-refractivity contribution is 7.21. The molecule has 0 unspecified atom stereocenters. The number of aromatic nitrogens is 5. The van der Waals surface area contributed by atoms with E-state index in [9.17, 15) is 4.79 Å². The summed E-state index contributed by atoms with van der Waals surface area (Å²) in [4.78, 5) is 39.9. The molecule has 0 spiro atoms. The molecule has 0 saturated carbocycles. The zero-order chi connectivity index (χ0) is 24.1. The average molecular weight is 489 g/mol. The Morgan fingerprint density at radius 3 is 2.77 bits per heavy atom. The van der Waals surface area contributed by atoms with Crippen molar-refractivity contribution in [1.29, 1.82) is 0 Å². The predicted molar refractivity (Wildman–Crippen MR) is 134 cm³/mol. The van der Waals surface area contributed by atoms with Gasteiger partial charge in [-0.15, -0.1) is 11.3 Å².